The molecule has 2 rings (SSSR count). The van der Waals surface area contributed by atoms with Crippen molar-refractivity contribution in [1.29, 1.82) is 0 Å². The first-order chi connectivity index (χ1) is 8.74. The molecule has 0 aliphatic rings. The fraction of sp³-hybridized carbons (Fsp3) is 0.286. The molecule has 1 aromatic heterocycles. The van der Waals surface area contributed by atoms with E-state index in [0.29, 0.717) is 6.61 Å². The monoisotopic (exact) mass is 325 g/mol. The molecule has 2 unspecified atom stereocenters. The van der Waals surface area contributed by atoms with Gasteiger partial charge in [0.2, 0.25) is 0 Å². The topological polar surface area (TPSA) is 35.2 Å². The summed E-state index contributed by atoms with van der Waals surface area (Å²) in [6.07, 6.45) is -0.105. The van der Waals surface area contributed by atoms with E-state index in [1.807, 2.05) is 36.6 Å². The minimum Gasteiger partial charge on any atom is -0.372 e. The molecular formula is C14H16BrNOS. The zero-order valence-electron chi connectivity index (χ0n) is 10.2. The minimum atomic E-state index is -0.151. The summed E-state index contributed by atoms with van der Waals surface area (Å²) in [5.41, 5.74) is 7.48. The summed E-state index contributed by atoms with van der Waals surface area (Å²) in [6, 6.07) is 12.0. The predicted octanol–water partition coefficient (Wildman–Crippen LogP) is 4.29. The summed E-state index contributed by atoms with van der Waals surface area (Å²) in [7, 11) is 0. The number of hydrogen-bond acceptors (Lipinski definition) is 3. The molecule has 4 heteroatoms. The van der Waals surface area contributed by atoms with E-state index in [2.05, 4.69) is 28.1 Å². The average Bonchev–Trinajstić information content (AvgIpc) is 2.82. The Labute approximate surface area is 120 Å². The van der Waals surface area contributed by atoms with E-state index in [9.17, 15) is 0 Å². The molecule has 1 heterocycles. The van der Waals surface area contributed by atoms with Gasteiger partial charge in [-0.15, -0.1) is 11.3 Å². The number of thiophene rings is 1. The second kappa shape index (κ2) is 6.48. The smallest absolute Gasteiger partial charge is 0.103 e. The molecule has 0 aliphatic heterocycles. The fourth-order valence-electron chi connectivity index (χ4n) is 1.91. The Balaban J connectivity index is 2.28. The van der Waals surface area contributed by atoms with Crippen molar-refractivity contribution in [2.24, 2.45) is 5.73 Å². The van der Waals surface area contributed by atoms with Crippen molar-refractivity contribution in [3.8, 4) is 0 Å². The Morgan fingerprint density at radius 3 is 2.56 bits per heavy atom. The lowest BCUT2D eigenvalue weighted by Crippen LogP contribution is -2.21. The van der Waals surface area contributed by atoms with E-state index in [-0.39, 0.29) is 12.1 Å². The first-order valence-corrected chi connectivity index (χ1v) is 7.56. The van der Waals surface area contributed by atoms with Crippen molar-refractivity contribution < 1.29 is 4.74 Å². The number of rotatable bonds is 5. The number of nitrogens with two attached hydrogens (primary N) is 1. The largest absolute Gasteiger partial charge is 0.372 e. The SMILES string of the molecule is CCOC(c1ccccc1)C(N)c1sccc1Br. The zero-order valence-corrected chi connectivity index (χ0v) is 12.6. The number of benzene rings is 1. The van der Waals surface area contributed by atoms with E-state index in [1.165, 1.54) is 0 Å². The van der Waals surface area contributed by atoms with Crippen LogP contribution < -0.4 is 5.73 Å². The first kappa shape index (κ1) is 13.7. The van der Waals surface area contributed by atoms with Gasteiger partial charge >= 0.3 is 0 Å². The first-order valence-electron chi connectivity index (χ1n) is 5.89. The zero-order chi connectivity index (χ0) is 13.0. The Bertz CT molecular complexity index is 486. The van der Waals surface area contributed by atoms with E-state index < -0.39 is 0 Å². The number of halogens is 1. The summed E-state index contributed by atoms with van der Waals surface area (Å²) in [4.78, 5) is 1.12. The Kier molecular flexibility index (Phi) is 4.95. The number of ether oxygens (including phenoxy) is 1. The Morgan fingerprint density at radius 1 is 1.28 bits per heavy atom. The molecule has 2 N–H and O–H groups in total. The fourth-order valence-corrected chi connectivity index (χ4v) is 3.57. The van der Waals surface area contributed by atoms with Crippen LogP contribution in [-0.2, 0) is 4.74 Å². The molecular weight excluding hydrogens is 310 g/mol. The van der Waals surface area contributed by atoms with E-state index in [4.69, 9.17) is 10.5 Å². The molecule has 2 nitrogen and oxygen atoms in total. The lowest BCUT2D eigenvalue weighted by Gasteiger charge is -2.24. The van der Waals surface area contributed by atoms with Crippen molar-refractivity contribution >= 4 is 27.3 Å². The quantitative estimate of drug-likeness (QED) is 0.890. The molecule has 96 valence electrons. The molecule has 0 saturated heterocycles. The highest BCUT2D eigenvalue weighted by Crippen LogP contribution is 2.36. The second-order valence-corrected chi connectivity index (χ2v) is 5.75. The van der Waals surface area contributed by atoms with Gasteiger partial charge in [0, 0.05) is 16.0 Å². The summed E-state index contributed by atoms with van der Waals surface area (Å²) < 4.78 is 6.89. The third-order valence-electron chi connectivity index (χ3n) is 2.75. The van der Waals surface area contributed by atoms with E-state index in [0.717, 1.165) is 14.9 Å². The second-order valence-electron chi connectivity index (χ2n) is 3.95. The van der Waals surface area contributed by atoms with Gasteiger partial charge < -0.3 is 10.5 Å². The van der Waals surface area contributed by atoms with Gasteiger partial charge in [0.25, 0.3) is 0 Å². The minimum absolute atomic E-state index is 0.105. The molecule has 2 atom stereocenters. The van der Waals surface area contributed by atoms with Crippen LogP contribution in [0.5, 0.6) is 0 Å². The molecule has 0 aliphatic carbocycles. The summed E-state index contributed by atoms with van der Waals surface area (Å²) in [6.45, 7) is 2.64. The standard InChI is InChI=1S/C14H16BrNOS/c1-2-17-13(10-6-4-3-5-7-10)12(16)14-11(15)8-9-18-14/h3-9,12-13H,2,16H2,1H3. The maximum absolute atomic E-state index is 6.36. The molecule has 0 radical (unpaired) electrons. The van der Waals surface area contributed by atoms with Crippen LogP contribution in [0.4, 0.5) is 0 Å². The van der Waals surface area contributed by atoms with Crippen molar-refractivity contribution in [2.45, 2.75) is 19.1 Å². The van der Waals surface area contributed by atoms with Crippen LogP contribution in [0.25, 0.3) is 0 Å². The molecule has 0 spiro atoms. The van der Waals surface area contributed by atoms with Gasteiger partial charge in [0.05, 0.1) is 6.04 Å². The van der Waals surface area contributed by atoms with Gasteiger partial charge in [0.15, 0.2) is 0 Å². The Hall–Kier alpha value is -0.680. The van der Waals surface area contributed by atoms with Crippen LogP contribution in [0.3, 0.4) is 0 Å². The summed E-state index contributed by atoms with van der Waals surface area (Å²) in [5, 5.41) is 2.03. The molecule has 0 fully saturated rings. The number of hydrogen-bond donors (Lipinski definition) is 1. The highest BCUT2D eigenvalue weighted by atomic mass is 79.9. The molecule has 0 amide bonds. The van der Waals surface area contributed by atoms with Gasteiger partial charge in [0.1, 0.15) is 6.10 Å². The molecule has 0 saturated carbocycles. The van der Waals surface area contributed by atoms with Crippen molar-refractivity contribution in [3.63, 3.8) is 0 Å². The lowest BCUT2D eigenvalue weighted by atomic mass is 10.0. The van der Waals surface area contributed by atoms with Gasteiger partial charge in [-0.3, -0.25) is 0 Å². The summed E-state index contributed by atoms with van der Waals surface area (Å²) >= 11 is 5.19. The van der Waals surface area contributed by atoms with Gasteiger partial charge in [-0.1, -0.05) is 30.3 Å². The predicted molar refractivity (Wildman–Crippen MR) is 79.8 cm³/mol. The van der Waals surface area contributed by atoms with Gasteiger partial charge in [-0.2, -0.15) is 0 Å². The molecule has 2 aromatic rings. The highest BCUT2D eigenvalue weighted by Gasteiger charge is 2.24. The molecule has 18 heavy (non-hydrogen) atoms. The lowest BCUT2D eigenvalue weighted by molar-refractivity contribution is 0.0436. The van der Waals surface area contributed by atoms with Crippen LogP contribution in [0.2, 0.25) is 0 Å². The normalized spacial score (nSPS) is 14.4. The van der Waals surface area contributed by atoms with Crippen LogP contribution in [0.15, 0.2) is 46.3 Å². The Morgan fingerprint density at radius 2 is 2.00 bits per heavy atom. The van der Waals surface area contributed by atoms with E-state index >= 15 is 0 Å². The van der Waals surface area contributed by atoms with Crippen molar-refractivity contribution in [1.82, 2.24) is 0 Å². The van der Waals surface area contributed by atoms with Crippen LogP contribution in [0.1, 0.15) is 29.5 Å². The maximum Gasteiger partial charge on any atom is 0.103 e. The van der Waals surface area contributed by atoms with Crippen molar-refractivity contribution in [2.75, 3.05) is 6.61 Å². The average molecular weight is 326 g/mol. The van der Waals surface area contributed by atoms with Gasteiger partial charge in [-0.05, 0) is 39.9 Å². The highest BCUT2D eigenvalue weighted by molar-refractivity contribution is 9.10. The third-order valence-corrected chi connectivity index (χ3v) is 4.72. The van der Waals surface area contributed by atoms with Crippen LogP contribution in [0, 0.1) is 0 Å². The van der Waals surface area contributed by atoms with E-state index in [1.54, 1.807) is 11.3 Å². The van der Waals surface area contributed by atoms with Gasteiger partial charge in [-0.25, -0.2) is 0 Å². The third kappa shape index (κ3) is 3.01. The van der Waals surface area contributed by atoms with Crippen molar-refractivity contribution in [3.05, 3.63) is 56.7 Å². The van der Waals surface area contributed by atoms with Crippen LogP contribution in [-0.4, -0.2) is 6.61 Å². The molecule has 0 bridgehead atoms. The van der Waals surface area contributed by atoms with Crippen LogP contribution >= 0.6 is 27.3 Å². The maximum atomic E-state index is 6.36. The molecule has 1 aromatic carbocycles. The summed E-state index contributed by atoms with van der Waals surface area (Å²) in [5.74, 6) is 0.